The van der Waals surface area contributed by atoms with Crippen LogP contribution in [-0.4, -0.2) is 29.2 Å². The number of carbonyl (C=O) groups excluding carboxylic acids is 1. The Bertz CT molecular complexity index is 1190. The zero-order chi connectivity index (χ0) is 22.8. The number of anilines is 1. The Morgan fingerprint density at radius 1 is 1.10 bits per heavy atom. The number of urea groups is 1. The molecule has 0 saturated heterocycles. The lowest BCUT2D eigenvalue weighted by Crippen LogP contribution is -2.35. The molecule has 2 N–H and O–H groups in total. The Balaban J connectivity index is 1.95. The first-order valence-electron chi connectivity index (χ1n) is 9.71. The molecule has 0 aliphatic heterocycles. The van der Waals surface area contributed by atoms with Gasteiger partial charge in [0.25, 0.3) is 10.0 Å². The number of nitrogens with zero attached hydrogens (tertiary/aromatic N) is 3. The van der Waals surface area contributed by atoms with Gasteiger partial charge in [0.2, 0.25) is 0 Å². The van der Waals surface area contributed by atoms with E-state index in [4.69, 9.17) is 0 Å². The van der Waals surface area contributed by atoms with E-state index in [0.29, 0.717) is 22.4 Å². The number of pyridine rings is 1. The number of hydrogen-bond acceptors (Lipinski definition) is 5. The molecular weight excluding hydrogens is 421 g/mol. The van der Waals surface area contributed by atoms with Crippen LogP contribution in [0.2, 0.25) is 0 Å². The molecule has 0 fully saturated rings. The molecule has 2 aromatic heterocycles. The molecule has 2 heterocycles. The Labute approximate surface area is 180 Å². The van der Waals surface area contributed by atoms with Crippen LogP contribution in [0.25, 0.3) is 11.1 Å². The Morgan fingerprint density at radius 2 is 1.77 bits per heavy atom. The number of rotatable bonds is 6. The van der Waals surface area contributed by atoms with Crippen LogP contribution in [0.15, 0.2) is 53.9 Å². The normalized spacial score (nSPS) is 11.7. The Kier molecular flexibility index (Phi) is 6.40. The monoisotopic (exact) mass is 445 g/mol. The molecule has 0 spiro atoms. The van der Waals surface area contributed by atoms with Gasteiger partial charge in [0.05, 0.1) is 5.69 Å². The van der Waals surface area contributed by atoms with E-state index in [1.165, 1.54) is 29.1 Å². The number of amides is 2. The Morgan fingerprint density at radius 3 is 2.35 bits per heavy atom. The summed E-state index contributed by atoms with van der Waals surface area (Å²) in [5.74, 6) is -0.599. The van der Waals surface area contributed by atoms with Gasteiger partial charge in [-0.2, -0.15) is 13.5 Å². The summed E-state index contributed by atoms with van der Waals surface area (Å²) in [4.78, 5) is 16.6. The summed E-state index contributed by atoms with van der Waals surface area (Å²) in [6.45, 7) is 7.41. The Hall–Kier alpha value is -3.27. The van der Waals surface area contributed by atoms with E-state index in [-0.39, 0.29) is 17.0 Å². The van der Waals surface area contributed by atoms with Crippen molar-refractivity contribution < 1.29 is 17.6 Å². The second-order valence-electron chi connectivity index (χ2n) is 7.60. The lowest BCUT2D eigenvalue weighted by molar-refractivity contribution is 0.256. The summed E-state index contributed by atoms with van der Waals surface area (Å²) in [6, 6.07) is 6.28. The van der Waals surface area contributed by atoms with Gasteiger partial charge in [-0.05, 0) is 61.2 Å². The summed E-state index contributed by atoms with van der Waals surface area (Å²) in [6.07, 6.45) is 4.62. The van der Waals surface area contributed by atoms with E-state index < -0.39 is 21.9 Å². The van der Waals surface area contributed by atoms with Crippen molar-refractivity contribution in [3.63, 3.8) is 0 Å². The van der Waals surface area contributed by atoms with E-state index in [0.717, 1.165) is 0 Å². The van der Waals surface area contributed by atoms with E-state index in [2.05, 4.69) is 15.4 Å². The third-order valence-electron chi connectivity index (χ3n) is 4.60. The first-order valence-corrected chi connectivity index (χ1v) is 11.2. The number of halogens is 1. The number of benzene rings is 1. The molecule has 0 bridgehead atoms. The smallest absolute Gasteiger partial charge is 0.306 e. The van der Waals surface area contributed by atoms with Crippen LogP contribution in [0.3, 0.4) is 0 Å². The minimum atomic E-state index is -4.19. The molecule has 31 heavy (non-hydrogen) atoms. The van der Waals surface area contributed by atoms with E-state index in [1.54, 1.807) is 24.5 Å². The highest BCUT2D eigenvalue weighted by atomic mass is 32.2. The minimum absolute atomic E-state index is 0.0338. The third-order valence-corrected chi connectivity index (χ3v) is 5.82. The SMILES string of the molecule is CC(C)c1cc(F)cc(-c2ccncc2)c1NC(=O)NS(=O)(=O)c1ccn(C(C)C)n1. The molecule has 164 valence electrons. The van der Waals surface area contributed by atoms with Gasteiger partial charge < -0.3 is 5.32 Å². The van der Waals surface area contributed by atoms with Gasteiger partial charge >= 0.3 is 6.03 Å². The molecule has 0 aliphatic rings. The molecule has 1 aromatic carbocycles. The zero-order valence-electron chi connectivity index (χ0n) is 17.6. The molecule has 8 nitrogen and oxygen atoms in total. The summed E-state index contributed by atoms with van der Waals surface area (Å²) in [5, 5.41) is 6.31. The fourth-order valence-electron chi connectivity index (χ4n) is 3.05. The summed E-state index contributed by atoms with van der Waals surface area (Å²) in [5.41, 5.74) is 1.90. The maximum Gasteiger partial charge on any atom is 0.333 e. The fraction of sp³-hybridized carbons (Fsp3) is 0.286. The van der Waals surface area contributed by atoms with Crippen molar-refractivity contribution in [3.8, 4) is 11.1 Å². The van der Waals surface area contributed by atoms with Crippen LogP contribution in [0.4, 0.5) is 14.9 Å². The summed E-state index contributed by atoms with van der Waals surface area (Å²) < 4.78 is 42.9. The highest BCUT2D eigenvalue weighted by Crippen LogP contribution is 2.35. The van der Waals surface area contributed by atoms with Crippen molar-refractivity contribution in [2.75, 3.05) is 5.32 Å². The van der Waals surface area contributed by atoms with Gasteiger partial charge in [0, 0.05) is 30.2 Å². The molecule has 0 radical (unpaired) electrons. The fourth-order valence-corrected chi connectivity index (χ4v) is 3.89. The quantitative estimate of drug-likeness (QED) is 0.588. The maximum atomic E-state index is 14.3. The van der Waals surface area contributed by atoms with Gasteiger partial charge in [-0.25, -0.2) is 13.9 Å². The van der Waals surface area contributed by atoms with E-state index in [9.17, 15) is 17.6 Å². The van der Waals surface area contributed by atoms with Crippen LogP contribution >= 0.6 is 0 Å². The van der Waals surface area contributed by atoms with E-state index in [1.807, 2.05) is 32.4 Å². The molecule has 0 unspecified atom stereocenters. The zero-order valence-corrected chi connectivity index (χ0v) is 18.4. The van der Waals surface area contributed by atoms with Gasteiger partial charge in [-0.15, -0.1) is 0 Å². The van der Waals surface area contributed by atoms with Crippen molar-refractivity contribution in [2.45, 2.75) is 44.7 Å². The molecule has 2 amide bonds. The average molecular weight is 446 g/mol. The van der Waals surface area contributed by atoms with Gasteiger partial charge in [-0.3, -0.25) is 9.67 Å². The number of hydrogen-bond donors (Lipinski definition) is 2. The second kappa shape index (κ2) is 8.84. The van der Waals surface area contributed by atoms with Crippen molar-refractivity contribution in [1.29, 1.82) is 0 Å². The third kappa shape index (κ3) is 5.08. The molecule has 0 atom stereocenters. The molecule has 0 saturated carbocycles. The van der Waals surface area contributed by atoms with Crippen LogP contribution < -0.4 is 10.0 Å². The second-order valence-corrected chi connectivity index (χ2v) is 9.22. The topological polar surface area (TPSA) is 106 Å². The molecule has 10 heteroatoms. The maximum absolute atomic E-state index is 14.3. The standard InChI is InChI=1S/C21H24FN5O3S/c1-13(2)17-11-16(22)12-18(15-5-8-23-9-6-15)20(17)24-21(28)26-31(29,30)19-7-10-27(25-19)14(3)4/h5-14H,1-4H3,(H2,24,26,28). The highest BCUT2D eigenvalue weighted by molar-refractivity contribution is 7.90. The van der Waals surface area contributed by atoms with E-state index >= 15 is 0 Å². The number of carbonyl (C=O) groups is 1. The molecule has 3 rings (SSSR count). The molecule has 0 aliphatic carbocycles. The van der Waals surface area contributed by atoms with Crippen molar-refractivity contribution in [3.05, 3.63) is 60.3 Å². The average Bonchev–Trinajstić information content (AvgIpc) is 3.21. The molecule has 3 aromatic rings. The van der Waals surface area contributed by atoms with Crippen molar-refractivity contribution >= 4 is 21.7 Å². The van der Waals surface area contributed by atoms with Crippen LogP contribution in [0, 0.1) is 5.82 Å². The summed E-state index contributed by atoms with van der Waals surface area (Å²) >= 11 is 0. The lowest BCUT2D eigenvalue weighted by atomic mass is 9.94. The highest BCUT2D eigenvalue weighted by Gasteiger charge is 2.23. The van der Waals surface area contributed by atoms with Crippen molar-refractivity contribution in [1.82, 2.24) is 19.5 Å². The summed E-state index contributed by atoms with van der Waals surface area (Å²) in [7, 11) is -4.19. The number of aromatic nitrogens is 3. The van der Waals surface area contributed by atoms with Crippen LogP contribution in [0.5, 0.6) is 0 Å². The first kappa shape index (κ1) is 22.4. The number of sulfonamides is 1. The van der Waals surface area contributed by atoms with Crippen LogP contribution in [0.1, 0.15) is 45.2 Å². The minimum Gasteiger partial charge on any atom is -0.306 e. The number of nitrogens with one attached hydrogen (secondary N) is 2. The van der Waals surface area contributed by atoms with Gasteiger partial charge in [0.15, 0.2) is 5.03 Å². The molecular formula is C21H24FN5O3S. The van der Waals surface area contributed by atoms with Gasteiger partial charge in [0.1, 0.15) is 5.82 Å². The largest absolute Gasteiger partial charge is 0.333 e. The predicted molar refractivity (Wildman–Crippen MR) is 116 cm³/mol. The van der Waals surface area contributed by atoms with Crippen molar-refractivity contribution in [2.24, 2.45) is 0 Å². The predicted octanol–water partition coefficient (Wildman–Crippen LogP) is 4.30. The van der Waals surface area contributed by atoms with Gasteiger partial charge in [-0.1, -0.05) is 13.8 Å². The van der Waals surface area contributed by atoms with Crippen LogP contribution in [-0.2, 0) is 10.0 Å². The lowest BCUT2D eigenvalue weighted by Gasteiger charge is -2.19. The first-order chi connectivity index (χ1) is 14.6.